The summed E-state index contributed by atoms with van der Waals surface area (Å²) in [5.74, 6) is -0.734. The van der Waals surface area contributed by atoms with Gasteiger partial charge in [0.25, 0.3) is 5.91 Å². The molecule has 1 heterocycles. The number of hydrogen-bond acceptors (Lipinski definition) is 6. The molecule has 2 N–H and O–H groups in total. The van der Waals surface area contributed by atoms with E-state index in [1.807, 2.05) is 0 Å². The number of hydrazone groups is 1. The van der Waals surface area contributed by atoms with Crippen molar-refractivity contribution in [3.05, 3.63) is 98.9 Å². The molecule has 0 saturated carbocycles. The molecule has 3 rings (SSSR count). The van der Waals surface area contributed by atoms with Crippen LogP contribution >= 0.6 is 11.3 Å². The van der Waals surface area contributed by atoms with Gasteiger partial charge in [-0.2, -0.15) is 5.10 Å². The summed E-state index contributed by atoms with van der Waals surface area (Å²) in [5.41, 5.74) is 1.19. The van der Waals surface area contributed by atoms with E-state index < -0.39 is 16.4 Å². The van der Waals surface area contributed by atoms with Gasteiger partial charge in [0, 0.05) is 6.07 Å². The average molecular weight is 381 g/mol. The highest BCUT2D eigenvalue weighted by atomic mass is 32.1. The van der Waals surface area contributed by atoms with Crippen LogP contribution in [0.15, 0.2) is 77.9 Å². The summed E-state index contributed by atoms with van der Waals surface area (Å²) >= 11 is 0.931. The standard InChI is InChI=1S/C19H15N3O4S/c23-18(21-20-13-16-11-12-17(27-16)22(25)26)19(24,14-7-3-1-4-8-14)15-9-5-2-6-10-15/h1-13,24H,(H,21,23). The third-order valence-corrected chi connectivity index (χ3v) is 4.83. The van der Waals surface area contributed by atoms with E-state index in [4.69, 9.17) is 0 Å². The molecule has 0 radical (unpaired) electrons. The Morgan fingerprint density at radius 2 is 1.59 bits per heavy atom. The molecule has 0 fully saturated rings. The Bertz CT molecular complexity index is 931. The van der Waals surface area contributed by atoms with Gasteiger partial charge in [-0.15, -0.1) is 0 Å². The van der Waals surface area contributed by atoms with Crippen molar-refractivity contribution in [3.8, 4) is 0 Å². The molecule has 1 amide bonds. The van der Waals surface area contributed by atoms with Gasteiger partial charge in [-0.1, -0.05) is 72.0 Å². The first-order chi connectivity index (χ1) is 13.0. The van der Waals surface area contributed by atoms with Gasteiger partial charge in [0.2, 0.25) is 0 Å². The monoisotopic (exact) mass is 381 g/mol. The zero-order valence-corrected chi connectivity index (χ0v) is 14.8. The van der Waals surface area contributed by atoms with Crippen molar-refractivity contribution in [1.82, 2.24) is 5.43 Å². The first-order valence-electron chi connectivity index (χ1n) is 7.93. The zero-order valence-electron chi connectivity index (χ0n) is 14.0. The Balaban J connectivity index is 1.85. The van der Waals surface area contributed by atoms with Crippen molar-refractivity contribution in [3.63, 3.8) is 0 Å². The number of aliphatic hydroxyl groups is 1. The number of hydrogen-bond donors (Lipinski definition) is 2. The van der Waals surface area contributed by atoms with Crippen LogP contribution in [0.1, 0.15) is 16.0 Å². The lowest BCUT2D eigenvalue weighted by Gasteiger charge is -2.26. The second-order valence-corrected chi connectivity index (χ2v) is 6.67. The fraction of sp³-hybridized carbons (Fsp3) is 0.0526. The van der Waals surface area contributed by atoms with Crippen molar-refractivity contribution < 1.29 is 14.8 Å². The highest BCUT2D eigenvalue weighted by molar-refractivity contribution is 7.16. The van der Waals surface area contributed by atoms with E-state index >= 15 is 0 Å². The predicted molar refractivity (Wildman–Crippen MR) is 103 cm³/mol. The van der Waals surface area contributed by atoms with E-state index in [9.17, 15) is 20.0 Å². The third kappa shape index (κ3) is 3.91. The van der Waals surface area contributed by atoms with Crippen LogP contribution in [-0.4, -0.2) is 22.2 Å². The summed E-state index contributed by atoms with van der Waals surface area (Å²) in [5, 5.41) is 25.7. The summed E-state index contributed by atoms with van der Waals surface area (Å²) < 4.78 is 0. The highest BCUT2D eigenvalue weighted by Crippen LogP contribution is 2.30. The van der Waals surface area contributed by atoms with Crippen LogP contribution in [0.4, 0.5) is 5.00 Å². The van der Waals surface area contributed by atoms with Gasteiger partial charge in [-0.25, -0.2) is 5.43 Å². The number of amides is 1. The molecule has 1 aromatic heterocycles. The lowest BCUT2D eigenvalue weighted by molar-refractivity contribution is -0.380. The molecule has 0 spiro atoms. The molecule has 2 aromatic carbocycles. The first kappa shape index (κ1) is 18.4. The molecule has 0 saturated heterocycles. The van der Waals surface area contributed by atoms with Crippen LogP contribution < -0.4 is 5.43 Å². The summed E-state index contributed by atoms with van der Waals surface area (Å²) in [7, 11) is 0. The third-order valence-electron chi connectivity index (χ3n) is 3.86. The Kier molecular flexibility index (Phi) is 5.39. The largest absolute Gasteiger partial charge is 0.372 e. The van der Waals surface area contributed by atoms with Crippen LogP contribution in [0.3, 0.4) is 0 Å². The minimum absolute atomic E-state index is 0.0205. The molecular formula is C19H15N3O4S. The maximum Gasteiger partial charge on any atom is 0.324 e. The minimum Gasteiger partial charge on any atom is -0.372 e. The van der Waals surface area contributed by atoms with Crippen molar-refractivity contribution in [2.24, 2.45) is 5.10 Å². The Morgan fingerprint density at radius 1 is 1.04 bits per heavy atom. The number of benzene rings is 2. The number of carbonyl (C=O) groups excluding carboxylic acids is 1. The quantitative estimate of drug-likeness (QED) is 0.389. The van der Waals surface area contributed by atoms with Crippen LogP contribution in [0.2, 0.25) is 0 Å². The molecular weight excluding hydrogens is 366 g/mol. The maximum atomic E-state index is 12.8. The minimum atomic E-state index is -1.93. The van der Waals surface area contributed by atoms with Crippen LogP contribution in [0.25, 0.3) is 0 Å². The summed E-state index contributed by atoms with van der Waals surface area (Å²) in [4.78, 5) is 23.5. The smallest absolute Gasteiger partial charge is 0.324 e. The average Bonchev–Trinajstić information content (AvgIpc) is 3.18. The van der Waals surface area contributed by atoms with Gasteiger partial charge < -0.3 is 5.11 Å². The number of nitro groups is 1. The molecule has 0 atom stereocenters. The van der Waals surface area contributed by atoms with Gasteiger partial charge >= 0.3 is 5.00 Å². The second-order valence-electron chi connectivity index (χ2n) is 5.57. The fourth-order valence-corrected chi connectivity index (χ4v) is 3.23. The van der Waals surface area contributed by atoms with Gasteiger partial charge in [0.1, 0.15) is 0 Å². The van der Waals surface area contributed by atoms with Gasteiger partial charge in [-0.3, -0.25) is 14.9 Å². The molecule has 7 nitrogen and oxygen atoms in total. The maximum absolute atomic E-state index is 12.8. The molecule has 0 aliphatic heterocycles. The molecule has 0 unspecified atom stereocenters. The van der Waals surface area contributed by atoms with Crippen LogP contribution in [0, 0.1) is 10.1 Å². The number of nitrogens with one attached hydrogen (secondary N) is 1. The SMILES string of the molecule is O=C(NN=Cc1ccc([N+](=O)[O-])s1)C(O)(c1ccccc1)c1ccccc1. The molecule has 27 heavy (non-hydrogen) atoms. The number of carbonyl (C=O) groups is 1. The topological polar surface area (TPSA) is 105 Å². The van der Waals surface area contributed by atoms with Gasteiger partial charge in [0.05, 0.1) is 16.0 Å². The van der Waals surface area contributed by atoms with Gasteiger partial charge in [-0.05, 0) is 17.2 Å². The Morgan fingerprint density at radius 3 is 2.07 bits per heavy atom. The second kappa shape index (κ2) is 7.90. The fourth-order valence-electron chi connectivity index (χ4n) is 2.53. The van der Waals surface area contributed by atoms with E-state index in [0.29, 0.717) is 16.0 Å². The summed E-state index contributed by atoms with van der Waals surface area (Å²) in [6, 6.07) is 20.0. The van der Waals surface area contributed by atoms with Crippen LogP contribution in [-0.2, 0) is 10.4 Å². The first-order valence-corrected chi connectivity index (χ1v) is 8.74. The van der Waals surface area contributed by atoms with Crippen LogP contribution in [0.5, 0.6) is 0 Å². The van der Waals surface area contributed by atoms with E-state index in [2.05, 4.69) is 10.5 Å². The lowest BCUT2D eigenvalue weighted by Crippen LogP contribution is -2.43. The van der Waals surface area contributed by atoms with Gasteiger partial charge in [0.15, 0.2) is 5.60 Å². The van der Waals surface area contributed by atoms with Crippen molar-refractivity contribution in [2.75, 3.05) is 0 Å². The van der Waals surface area contributed by atoms with E-state index in [0.717, 1.165) is 11.3 Å². The Labute approximate surface area is 158 Å². The van der Waals surface area contributed by atoms with Crippen molar-refractivity contribution >= 4 is 28.5 Å². The number of rotatable bonds is 6. The molecule has 3 aromatic rings. The predicted octanol–water partition coefficient (Wildman–Crippen LogP) is 3.04. The zero-order chi connectivity index (χ0) is 19.3. The van der Waals surface area contributed by atoms with E-state index in [1.54, 1.807) is 60.7 Å². The molecule has 8 heteroatoms. The van der Waals surface area contributed by atoms with E-state index in [-0.39, 0.29) is 5.00 Å². The Hall–Kier alpha value is -3.36. The molecule has 0 aliphatic carbocycles. The molecule has 0 bridgehead atoms. The van der Waals surface area contributed by atoms with E-state index in [1.165, 1.54) is 18.3 Å². The number of nitrogens with zero attached hydrogens (tertiary/aromatic N) is 2. The highest BCUT2D eigenvalue weighted by Gasteiger charge is 2.39. The summed E-state index contributed by atoms with van der Waals surface area (Å²) in [6.45, 7) is 0. The number of thiophene rings is 1. The molecule has 136 valence electrons. The lowest BCUT2D eigenvalue weighted by atomic mass is 9.85. The summed E-state index contributed by atoms with van der Waals surface area (Å²) in [6.07, 6.45) is 1.30. The van der Waals surface area contributed by atoms with Crippen molar-refractivity contribution in [2.45, 2.75) is 5.60 Å². The van der Waals surface area contributed by atoms with Crippen molar-refractivity contribution in [1.29, 1.82) is 0 Å². The normalized spacial score (nSPS) is 11.4. The molecule has 0 aliphatic rings.